The summed E-state index contributed by atoms with van der Waals surface area (Å²) in [6.45, 7) is 7.16. The molecule has 10 heavy (non-hydrogen) atoms. The van der Waals surface area contributed by atoms with Crippen LogP contribution >= 0.6 is 11.6 Å². The van der Waals surface area contributed by atoms with Crippen LogP contribution in [0.3, 0.4) is 0 Å². The first-order valence-corrected chi connectivity index (χ1v) is 4.30. The molecular formula is C6H11ClN2Si. The monoisotopic (exact) mass is 174 g/mol. The summed E-state index contributed by atoms with van der Waals surface area (Å²) in [5.74, 6) is 0. The third kappa shape index (κ3) is 3.58. The van der Waals surface area contributed by atoms with Crippen LogP contribution in [0.5, 0.6) is 0 Å². The van der Waals surface area contributed by atoms with Gasteiger partial charge in [0, 0.05) is 0 Å². The van der Waals surface area contributed by atoms with Crippen LogP contribution in [0.2, 0.25) is 0 Å². The van der Waals surface area contributed by atoms with Gasteiger partial charge in [-0.3, -0.25) is 4.99 Å². The molecule has 2 nitrogen and oxygen atoms in total. The van der Waals surface area contributed by atoms with Crippen molar-refractivity contribution < 1.29 is 0 Å². The first-order valence-electron chi connectivity index (χ1n) is 2.93. The van der Waals surface area contributed by atoms with Crippen molar-refractivity contribution in [3.05, 3.63) is 10.7 Å². The molecule has 0 rings (SSSR count). The summed E-state index contributed by atoms with van der Waals surface area (Å²) in [7, 11) is 0.786. The minimum Gasteiger partial charge on any atom is -0.256 e. The predicted molar refractivity (Wildman–Crippen MR) is 51.2 cm³/mol. The highest BCUT2D eigenvalue weighted by atomic mass is 35.5. The second kappa shape index (κ2) is 4.41. The van der Waals surface area contributed by atoms with Crippen molar-refractivity contribution >= 4 is 34.0 Å². The van der Waals surface area contributed by atoms with Gasteiger partial charge in [-0.2, -0.15) is 0 Å². The van der Waals surface area contributed by atoms with Gasteiger partial charge in [0.2, 0.25) is 0 Å². The normalized spacial score (nSPS) is 11.3. The first kappa shape index (κ1) is 9.59. The van der Waals surface area contributed by atoms with Crippen LogP contribution in [0.1, 0.15) is 13.8 Å². The molecule has 0 aliphatic heterocycles. The second-order valence-corrected chi connectivity index (χ2v) is 3.36. The Morgan fingerprint density at radius 3 is 2.30 bits per heavy atom. The largest absolute Gasteiger partial charge is 0.256 e. The van der Waals surface area contributed by atoms with E-state index in [1.54, 1.807) is 0 Å². The molecule has 0 aliphatic rings. The van der Waals surface area contributed by atoms with Crippen molar-refractivity contribution in [3.63, 3.8) is 0 Å². The summed E-state index contributed by atoms with van der Waals surface area (Å²) < 4.78 is 0. The number of aliphatic imine (C=N–C) groups is 2. The van der Waals surface area contributed by atoms with Crippen LogP contribution in [0, 0.1) is 0 Å². The van der Waals surface area contributed by atoms with Gasteiger partial charge in [0.25, 0.3) is 0 Å². The molecule has 56 valence electrons. The van der Waals surface area contributed by atoms with E-state index in [4.69, 9.17) is 11.6 Å². The first-order chi connectivity index (χ1) is 4.57. The van der Waals surface area contributed by atoms with Gasteiger partial charge in [-0.05, 0) is 26.1 Å². The van der Waals surface area contributed by atoms with Gasteiger partial charge >= 0.3 is 0 Å². The van der Waals surface area contributed by atoms with Gasteiger partial charge in [-0.15, -0.1) is 0 Å². The van der Waals surface area contributed by atoms with Gasteiger partial charge < -0.3 is 0 Å². The summed E-state index contributed by atoms with van der Waals surface area (Å²) in [5.41, 5.74) is 1.73. The maximum Gasteiger partial charge on any atom is 0.129 e. The van der Waals surface area contributed by atoms with E-state index in [0.29, 0.717) is 5.16 Å². The van der Waals surface area contributed by atoms with E-state index < -0.39 is 0 Å². The van der Waals surface area contributed by atoms with E-state index in [9.17, 15) is 0 Å². The minimum absolute atomic E-state index is 0.525. The SMILES string of the molecule is C=N/C([SiH3])=N\C(Cl)=C(C)C. The Morgan fingerprint density at radius 1 is 1.50 bits per heavy atom. The van der Waals surface area contributed by atoms with Crippen molar-refractivity contribution in [2.45, 2.75) is 13.8 Å². The summed E-state index contributed by atoms with van der Waals surface area (Å²) in [4.78, 5) is 7.64. The minimum atomic E-state index is 0.525. The van der Waals surface area contributed by atoms with Crippen molar-refractivity contribution in [1.82, 2.24) is 0 Å². The molecule has 0 radical (unpaired) electrons. The zero-order chi connectivity index (χ0) is 8.15. The van der Waals surface area contributed by atoms with Crippen molar-refractivity contribution in [2.24, 2.45) is 9.98 Å². The molecule has 0 unspecified atom stereocenters. The standard InChI is InChI=1S/C6H11ClN2Si/c1-4(2)5(7)9-6(10)8-3/h3H2,1-2,10H3/b9-6+. The van der Waals surface area contributed by atoms with Crippen LogP contribution in [-0.4, -0.2) is 22.4 Å². The molecule has 0 N–H and O–H groups in total. The lowest BCUT2D eigenvalue weighted by atomic mass is 10.4. The van der Waals surface area contributed by atoms with E-state index in [-0.39, 0.29) is 0 Å². The van der Waals surface area contributed by atoms with E-state index >= 15 is 0 Å². The Bertz CT molecular complexity index is 192. The van der Waals surface area contributed by atoms with Gasteiger partial charge in [0.05, 0.1) is 15.7 Å². The molecule has 0 saturated carbocycles. The zero-order valence-corrected chi connectivity index (χ0v) is 9.24. The highest BCUT2D eigenvalue weighted by Gasteiger charge is 1.90. The van der Waals surface area contributed by atoms with E-state index in [1.165, 1.54) is 0 Å². The average Bonchev–Trinajstić information content (AvgIpc) is 1.87. The fourth-order valence-corrected chi connectivity index (χ4v) is 0.777. The molecule has 0 amide bonds. The Kier molecular flexibility index (Phi) is 4.23. The third-order valence-corrected chi connectivity index (χ3v) is 1.90. The van der Waals surface area contributed by atoms with Gasteiger partial charge in [0.1, 0.15) is 5.16 Å². The molecule has 0 aromatic carbocycles. The molecule has 0 spiro atoms. The summed E-state index contributed by atoms with van der Waals surface area (Å²) >= 11 is 5.72. The van der Waals surface area contributed by atoms with E-state index in [2.05, 4.69) is 16.7 Å². The highest BCUT2D eigenvalue weighted by Crippen LogP contribution is 2.09. The Hall–Kier alpha value is -0.413. The Balaban J connectivity index is 4.42. The molecule has 4 heteroatoms. The fraction of sp³-hybridized carbons (Fsp3) is 0.333. The molecule has 0 saturated heterocycles. The van der Waals surface area contributed by atoms with E-state index in [0.717, 1.165) is 21.3 Å². The van der Waals surface area contributed by atoms with Crippen LogP contribution < -0.4 is 0 Å². The van der Waals surface area contributed by atoms with Crippen LogP contribution in [0.25, 0.3) is 0 Å². The van der Waals surface area contributed by atoms with Crippen LogP contribution in [0.4, 0.5) is 0 Å². The van der Waals surface area contributed by atoms with Gasteiger partial charge in [-0.1, -0.05) is 11.6 Å². The second-order valence-electron chi connectivity index (χ2n) is 2.11. The maximum absolute atomic E-state index is 5.72. The maximum atomic E-state index is 5.72. The zero-order valence-electron chi connectivity index (χ0n) is 6.48. The number of amidine groups is 1. The van der Waals surface area contributed by atoms with Gasteiger partial charge in [0.15, 0.2) is 0 Å². The molecule has 0 heterocycles. The predicted octanol–water partition coefficient (Wildman–Crippen LogP) is 0.899. The molecule has 0 aliphatic carbocycles. The average molecular weight is 175 g/mol. The topological polar surface area (TPSA) is 24.7 Å². The Morgan fingerprint density at radius 2 is 2.00 bits per heavy atom. The number of rotatable bonds is 1. The van der Waals surface area contributed by atoms with Crippen LogP contribution in [0.15, 0.2) is 20.7 Å². The van der Waals surface area contributed by atoms with Gasteiger partial charge in [-0.25, -0.2) is 4.99 Å². The molecule has 0 aromatic heterocycles. The number of allylic oxidation sites excluding steroid dienone is 1. The quantitative estimate of drug-likeness (QED) is 0.244. The lowest BCUT2D eigenvalue weighted by molar-refractivity contribution is 1.30. The fourth-order valence-electron chi connectivity index (χ4n) is 0.289. The summed E-state index contributed by atoms with van der Waals surface area (Å²) in [5, 5.41) is 0.525. The van der Waals surface area contributed by atoms with Crippen molar-refractivity contribution in [2.75, 3.05) is 0 Å². The van der Waals surface area contributed by atoms with E-state index in [1.807, 2.05) is 13.8 Å². The molecule has 0 aromatic rings. The number of hydrogen-bond donors (Lipinski definition) is 0. The van der Waals surface area contributed by atoms with Crippen LogP contribution in [-0.2, 0) is 0 Å². The number of halogens is 1. The summed E-state index contributed by atoms with van der Waals surface area (Å²) in [6, 6.07) is 0. The highest BCUT2D eigenvalue weighted by molar-refractivity contribution is 6.60. The molecular weight excluding hydrogens is 164 g/mol. The lowest BCUT2D eigenvalue weighted by Gasteiger charge is -1.93. The number of nitrogens with zero attached hydrogens (tertiary/aromatic N) is 2. The summed E-state index contributed by atoms with van der Waals surface area (Å²) in [6.07, 6.45) is 0. The van der Waals surface area contributed by atoms with Crippen molar-refractivity contribution in [3.8, 4) is 0 Å². The molecule has 0 bridgehead atoms. The lowest BCUT2D eigenvalue weighted by Crippen LogP contribution is -1.90. The molecule has 0 atom stereocenters. The number of hydrogen-bond acceptors (Lipinski definition) is 1. The molecule has 0 fully saturated rings. The Labute approximate surface area is 69.1 Å². The van der Waals surface area contributed by atoms with Crippen molar-refractivity contribution in [1.29, 1.82) is 0 Å². The third-order valence-electron chi connectivity index (χ3n) is 0.901. The smallest absolute Gasteiger partial charge is 0.129 e.